The van der Waals surface area contributed by atoms with Crippen molar-refractivity contribution in [2.75, 3.05) is 13.7 Å². The lowest BCUT2D eigenvalue weighted by atomic mass is 10.2. The minimum atomic E-state index is -3.72. The Kier molecular flexibility index (Phi) is 5.18. The van der Waals surface area contributed by atoms with Gasteiger partial charge in [-0.25, -0.2) is 13.4 Å². The van der Waals surface area contributed by atoms with Gasteiger partial charge in [0.2, 0.25) is 5.88 Å². The van der Waals surface area contributed by atoms with Crippen LogP contribution >= 0.6 is 11.6 Å². The van der Waals surface area contributed by atoms with Crippen LogP contribution in [0.25, 0.3) is 11.4 Å². The molecule has 4 rings (SSSR count). The first-order chi connectivity index (χ1) is 13.9. The minimum absolute atomic E-state index is 0.0372. The molecule has 3 aromatic rings. The Bertz CT molecular complexity index is 1180. The third-order valence-corrected chi connectivity index (χ3v) is 6.60. The first-order valence-electron chi connectivity index (χ1n) is 9.03. The molecule has 0 saturated carbocycles. The molecule has 2 aromatic heterocycles. The number of aryl methyl sites for hydroxylation is 1. The van der Waals surface area contributed by atoms with E-state index in [9.17, 15) is 8.42 Å². The first kappa shape index (κ1) is 19.7. The number of nitrogens with zero attached hydrogens (tertiary/aromatic N) is 4. The van der Waals surface area contributed by atoms with E-state index in [1.807, 2.05) is 11.5 Å². The maximum absolute atomic E-state index is 13.0. The van der Waals surface area contributed by atoms with Gasteiger partial charge in [0.25, 0.3) is 0 Å². The first-order valence-corrected chi connectivity index (χ1v) is 11.1. The van der Waals surface area contributed by atoms with Crippen LogP contribution in [0.2, 0.25) is 5.02 Å². The molecule has 0 unspecified atom stereocenters. The Morgan fingerprint density at radius 2 is 2.10 bits per heavy atom. The third kappa shape index (κ3) is 3.67. The van der Waals surface area contributed by atoms with E-state index in [4.69, 9.17) is 21.1 Å². The number of benzene rings is 1. The summed E-state index contributed by atoms with van der Waals surface area (Å²) in [4.78, 5) is 4.36. The van der Waals surface area contributed by atoms with Crippen molar-refractivity contribution in [3.05, 3.63) is 46.9 Å². The molecule has 0 radical (unpaired) electrons. The third-order valence-electron chi connectivity index (χ3n) is 4.66. The van der Waals surface area contributed by atoms with Gasteiger partial charge in [0.1, 0.15) is 23.1 Å². The van der Waals surface area contributed by atoms with Gasteiger partial charge in [0.05, 0.1) is 25.0 Å². The van der Waals surface area contributed by atoms with Gasteiger partial charge in [0.15, 0.2) is 15.7 Å². The highest BCUT2D eigenvalue weighted by atomic mass is 35.5. The molecular weight excluding hydrogens is 416 g/mol. The lowest BCUT2D eigenvalue weighted by molar-refractivity contribution is 0.294. The van der Waals surface area contributed by atoms with Gasteiger partial charge in [-0.15, -0.1) is 10.2 Å². The Labute approximate surface area is 173 Å². The van der Waals surface area contributed by atoms with Crippen LogP contribution in [0.3, 0.4) is 0 Å². The average Bonchev–Trinajstić information content (AvgIpc) is 3.02. The molecule has 10 heteroatoms. The van der Waals surface area contributed by atoms with Crippen molar-refractivity contribution < 1.29 is 17.9 Å². The second-order valence-corrected chi connectivity index (χ2v) is 8.94. The van der Waals surface area contributed by atoms with Gasteiger partial charge in [-0.2, -0.15) is 0 Å². The normalized spacial score (nSPS) is 13.2. The Morgan fingerprint density at radius 1 is 1.28 bits per heavy atom. The molecule has 1 aliphatic rings. The molecule has 0 fully saturated rings. The number of fused-ring (bicyclic) bond motifs is 3. The van der Waals surface area contributed by atoms with Crippen molar-refractivity contribution in [2.24, 2.45) is 0 Å². The fraction of sp³-hybridized carbons (Fsp3) is 0.316. The highest BCUT2D eigenvalue weighted by Crippen LogP contribution is 2.33. The molecule has 0 N–H and O–H groups in total. The summed E-state index contributed by atoms with van der Waals surface area (Å²) in [6.45, 7) is 3.05. The molecule has 0 saturated heterocycles. The molecule has 8 nitrogen and oxygen atoms in total. The summed E-state index contributed by atoms with van der Waals surface area (Å²) in [5.74, 6) is 1.87. The molecule has 0 bridgehead atoms. The summed E-state index contributed by atoms with van der Waals surface area (Å²) in [5, 5.41) is 8.81. The molecule has 0 amide bonds. The van der Waals surface area contributed by atoms with Crippen molar-refractivity contribution in [3.8, 4) is 23.0 Å². The summed E-state index contributed by atoms with van der Waals surface area (Å²) >= 11 is 6.00. The van der Waals surface area contributed by atoms with Crippen molar-refractivity contribution in [3.63, 3.8) is 0 Å². The van der Waals surface area contributed by atoms with Gasteiger partial charge in [-0.1, -0.05) is 18.5 Å². The molecule has 0 atom stereocenters. The molecule has 3 heterocycles. The highest BCUT2D eigenvalue weighted by molar-refractivity contribution is 7.90. The number of pyridine rings is 1. The van der Waals surface area contributed by atoms with Crippen LogP contribution in [-0.4, -0.2) is 41.9 Å². The summed E-state index contributed by atoms with van der Waals surface area (Å²) < 4.78 is 39.0. The fourth-order valence-corrected chi connectivity index (χ4v) is 5.06. The van der Waals surface area contributed by atoms with E-state index in [1.54, 1.807) is 12.1 Å². The van der Waals surface area contributed by atoms with Crippen LogP contribution in [-0.2, 0) is 28.6 Å². The quantitative estimate of drug-likeness (QED) is 0.609. The maximum Gasteiger partial charge on any atom is 0.224 e. The molecule has 152 valence electrons. The highest BCUT2D eigenvalue weighted by Gasteiger charge is 2.25. The van der Waals surface area contributed by atoms with Crippen molar-refractivity contribution in [1.29, 1.82) is 0 Å². The van der Waals surface area contributed by atoms with Crippen molar-refractivity contribution in [1.82, 2.24) is 19.7 Å². The lowest BCUT2D eigenvalue weighted by Crippen LogP contribution is -2.09. The SMILES string of the molecule is CCc1nnc2n1CCOc1ncc(CS(=O)(=O)c3cc(Cl)ccc3OC)cc1-2. The maximum atomic E-state index is 13.0. The number of aromatic nitrogens is 4. The summed E-state index contributed by atoms with van der Waals surface area (Å²) in [7, 11) is -2.31. The van der Waals surface area contributed by atoms with Gasteiger partial charge in [-0.3, -0.25) is 0 Å². The van der Waals surface area contributed by atoms with E-state index in [0.717, 1.165) is 12.2 Å². The number of halogens is 1. The molecule has 1 aromatic carbocycles. The Hall–Kier alpha value is -2.65. The van der Waals surface area contributed by atoms with Crippen LogP contribution in [0.5, 0.6) is 11.6 Å². The van der Waals surface area contributed by atoms with E-state index in [1.165, 1.54) is 25.4 Å². The number of ether oxygens (including phenoxy) is 2. The van der Waals surface area contributed by atoms with Crippen LogP contribution in [0.15, 0.2) is 35.4 Å². The zero-order valence-electron chi connectivity index (χ0n) is 15.9. The zero-order chi connectivity index (χ0) is 20.6. The van der Waals surface area contributed by atoms with E-state index in [-0.39, 0.29) is 16.4 Å². The predicted molar refractivity (Wildman–Crippen MR) is 107 cm³/mol. The Morgan fingerprint density at radius 3 is 2.86 bits per heavy atom. The van der Waals surface area contributed by atoms with E-state index in [0.29, 0.717) is 41.0 Å². The lowest BCUT2D eigenvalue weighted by Gasteiger charge is -2.11. The second kappa shape index (κ2) is 7.64. The van der Waals surface area contributed by atoms with Crippen LogP contribution < -0.4 is 9.47 Å². The molecular formula is C19H19ClN4O4S. The average molecular weight is 435 g/mol. The number of hydrogen-bond acceptors (Lipinski definition) is 7. The Balaban J connectivity index is 1.75. The summed E-state index contributed by atoms with van der Waals surface area (Å²) in [6.07, 6.45) is 2.23. The standard InChI is InChI=1S/C19H19ClN4O4S/c1-3-17-22-23-18-14-8-12(10-21-19(14)28-7-6-24(17)18)11-29(25,26)16-9-13(20)4-5-15(16)27-2/h4-5,8-10H,3,6-7,11H2,1-2H3. The van der Waals surface area contributed by atoms with Gasteiger partial charge in [0, 0.05) is 17.6 Å². The van der Waals surface area contributed by atoms with Crippen molar-refractivity contribution in [2.45, 2.75) is 30.5 Å². The number of sulfone groups is 1. The van der Waals surface area contributed by atoms with E-state index in [2.05, 4.69) is 15.2 Å². The molecule has 29 heavy (non-hydrogen) atoms. The predicted octanol–water partition coefficient (Wildman–Crippen LogP) is 2.93. The van der Waals surface area contributed by atoms with Gasteiger partial charge >= 0.3 is 0 Å². The minimum Gasteiger partial charge on any atom is -0.495 e. The largest absolute Gasteiger partial charge is 0.495 e. The zero-order valence-corrected chi connectivity index (χ0v) is 17.5. The second-order valence-electron chi connectivity index (χ2n) is 6.54. The fourth-order valence-electron chi connectivity index (χ4n) is 3.31. The molecule has 1 aliphatic heterocycles. The van der Waals surface area contributed by atoms with E-state index >= 15 is 0 Å². The van der Waals surface area contributed by atoms with Gasteiger partial charge in [-0.05, 0) is 29.8 Å². The van der Waals surface area contributed by atoms with Crippen LogP contribution in [0.4, 0.5) is 0 Å². The molecule has 0 aliphatic carbocycles. The monoisotopic (exact) mass is 434 g/mol. The number of rotatable bonds is 5. The number of methoxy groups -OCH3 is 1. The summed E-state index contributed by atoms with van der Waals surface area (Å²) in [6, 6.07) is 6.24. The molecule has 0 spiro atoms. The van der Waals surface area contributed by atoms with Crippen molar-refractivity contribution >= 4 is 21.4 Å². The summed E-state index contributed by atoms with van der Waals surface area (Å²) in [5.41, 5.74) is 1.13. The van der Waals surface area contributed by atoms with E-state index < -0.39 is 9.84 Å². The van der Waals surface area contributed by atoms with Crippen LogP contribution in [0, 0.1) is 0 Å². The smallest absolute Gasteiger partial charge is 0.224 e. The van der Waals surface area contributed by atoms with Crippen LogP contribution in [0.1, 0.15) is 18.3 Å². The van der Waals surface area contributed by atoms with Gasteiger partial charge < -0.3 is 14.0 Å². The topological polar surface area (TPSA) is 96.2 Å². The number of hydrogen-bond donors (Lipinski definition) is 0.